The van der Waals surface area contributed by atoms with Crippen molar-refractivity contribution in [2.24, 2.45) is 5.92 Å². The highest BCUT2D eigenvalue weighted by molar-refractivity contribution is 7.22. The Labute approximate surface area is 206 Å². The number of aromatic nitrogens is 4. The average molecular weight is 487 g/mol. The first-order chi connectivity index (χ1) is 17.1. The molecule has 0 aliphatic carbocycles. The van der Waals surface area contributed by atoms with Crippen molar-refractivity contribution in [3.63, 3.8) is 0 Å². The van der Waals surface area contributed by atoms with Crippen molar-refractivity contribution in [2.45, 2.75) is 32.9 Å². The number of carbonyl (C=O) groups excluding carboxylic acids is 1. The molecular formula is C26H26N6O2S. The molecule has 35 heavy (non-hydrogen) atoms. The molecule has 0 unspecified atom stereocenters. The van der Waals surface area contributed by atoms with Crippen LogP contribution < -0.4 is 5.32 Å². The highest BCUT2D eigenvalue weighted by atomic mass is 32.1. The largest absolute Gasteiger partial charge is 0.419 e. The van der Waals surface area contributed by atoms with Crippen molar-refractivity contribution >= 4 is 43.5 Å². The Balaban J connectivity index is 1.21. The molecule has 0 atom stereocenters. The molecule has 178 valence electrons. The van der Waals surface area contributed by atoms with Crippen LogP contribution in [0, 0.1) is 5.92 Å². The molecule has 4 heterocycles. The van der Waals surface area contributed by atoms with Crippen LogP contribution in [0.4, 0.5) is 5.13 Å². The number of benzene rings is 2. The van der Waals surface area contributed by atoms with Gasteiger partial charge in [-0.05, 0) is 50.0 Å². The van der Waals surface area contributed by atoms with Crippen LogP contribution in [-0.4, -0.2) is 43.6 Å². The molecule has 8 nitrogen and oxygen atoms in total. The number of nitrogens with zero attached hydrogens (tertiary/aromatic N) is 5. The van der Waals surface area contributed by atoms with E-state index in [1.807, 2.05) is 59.3 Å². The second-order valence-corrected chi connectivity index (χ2v) is 10.2. The standard InChI is InChI=1S/C26H26N6O2S/c1-17-10-12-31(13-11-17)16-24-29-30-25(34-24)19-14-32(21-8-4-2-6-18(19)21)15-23(33)28-26-27-20-7-3-5-9-22(20)35-26/h2-9,14,17H,10-13,15-16H2,1H3,(H,27,28,33). The molecule has 0 bridgehead atoms. The van der Waals surface area contributed by atoms with Crippen molar-refractivity contribution in [1.82, 2.24) is 24.6 Å². The zero-order chi connectivity index (χ0) is 23.8. The van der Waals surface area contributed by atoms with Gasteiger partial charge in [0, 0.05) is 17.1 Å². The number of amides is 1. The highest BCUT2D eigenvalue weighted by Gasteiger charge is 2.21. The molecule has 1 amide bonds. The smallest absolute Gasteiger partial charge is 0.249 e. The van der Waals surface area contributed by atoms with Gasteiger partial charge in [0.2, 0.25) is 17.7 Å². The Morgan fingerprint density at radius 2 is 1.91 bits per heavy atom. The zero-order valence-electron chi connectivity index (χ0n) is 19.5. The van der Waals surface area contributed by atoms with Crippen molar-refractivity contribution in [3.8, 4) is 11.5 Å². The van der Waals surface area contributed by atoms with E-state index < -0.39 is 0 Å². The molecular weight excluding hydrogens is 460 g/mol. The number of hydrogen-bond donors (Lipinski definition) is 1. The summed E-state index contributed by atoms with van der Waals surface area (Å²) in [6.07, 6.45) is 4.32. The number of likely N-dealkylation sites (tertiary alicyclic amines) is 1. The van der Waals surface area contributed by atoms with E-state index in [0.717, 1.165) is 45.7 Å². The highest BCUT2D eigenvalue weighted by Crippen LogP contribution is 2.31. The van der Waals surface area contributed by atoms with Crippen molar-refractivity contribution < 1.29 is 9.21 Å². The number of nitrogens with one attached hydrogen (secondary N) is 1. The quantitative estimate of drug-likeness (QED) is 0.356. The van der Waals surface area contributed by atoms with E-state index in [1.54, 1.807) is 0 Å². The fourth-order valence-corrected chi connectivity index (χ4v) is 5.51. The van der Waals surface area contributed by atoms with Crippen LogP contribution in [0.3, 0.4) is 0 Å². The average Bonchev–Trinajstić information content (AvgIpc) is 3.57. The summed E-state index contributed by atoms with van der Waals surface area (Å²) in [5.74, 6) is 1.75. The molecule has 0 spiro atoms. The number of fused-ring (bicyclic) bond motifs is 2. The predicted molar refractivity (Wildman–Crippen MR) is 137 cm³/mol. The lowest BCUT2D eigenvalue weighted by Gasteiger charge is -2.28. The summed E-state index contributed by atoms with van der Waals surface area (Å²) in [4.78, 5) is 19.7. The third-order valence-corrected chi connectivity index (χ3v) is 7.53. The van der Waals surface area contributed by atoms with Gasteiger partial charge in [-0.25, -0.2) is 4.98 Å². The van der Waals surface area contributed by atoms with E-state index in [0.29, 0.717) is 23.5 Å². The maximum Gasteiger partial charge on any atom is 0.249 e. The second-order valence-electron chi connectivity index (χ2n) is 9.18. The number of piperidine rings is 1. The fraction of sp³-hybridized carbons (Fsp3) is 0.308. The van der Waals surface area contributed by atoms with Crippen LogP contribution in [0.25, 0.3) is 32.6 Å². The summed E-state index contributed by atoms with van der Waals surface area (Å²) in [6, 6.07) is 15.8. The van der Waals surface area contributed by atoms with Gasteiger partial charge in [0.05, 0.1) is 22.3 Å². The van der Waals surface area contributed by atoms with Gasteiger partial charge < -0.3 is 14.3 Å². The maximum atomic E-state index is 12.9. The molecule has 5 aromatic rings. The number of thiazole rings is 1. The summed E-state index contributed by atoms with van der Waals surface area (Å²) in [6.45, 7) is 5.24. The molecule has 3 aromatic heterocycles. The number of carbonyl (C=O) groups is 1. The minimum Gasteiger partial charge on any atom is -0.419 e. The Morgan fingerprint density at radius 1 is 1.11 bits per heavy atom. The minimum absolute atomic E-state index is 0.137. The fourth-order valence-electron chi connectivity index (χ4n) is 4.63. The van der Waals surface area contributed by atoms with E-state index in [9.17, 15) is 4.79 Å². The molecule has 2 aromatic carbocycles. The summed E-state index contributed by atoms with van der Waals surface area (Å²) in [5, 5.41) is 13.2. The van der Waals surface area contributed by atoms with Crippen molar-refractivity contribution in [2.75, 3.05) is 18.4 Å². The first-order valence-corrected chi connectivity index (χ1v) is 12.7. The summed E-state index contributed by atoms with van der Waals surface area (Å²) >= 11 is 1.47. The second kappa shape index (κ2) is 9.24. The van der Waals surface area contributed by atoms with Gasteiger partial charge in [0.1, 0.15) is 6.54 Å². The third-order valence-electron chi connectivity index (χ3n) is 6.58. The summed E-state index contributed by atoms with van der Waals surface area (Å²) < 4.78 is 9.03. The SMILES string of the molecule is CC1CCN(Cc2nnc(-c3cn(CC(=O)Nc4nc5ccccc5s4)c4ccccc34)o2)CC1. The van der Waals surface area contributed by atoms with Gasteiger partial charge in [-0.1, -0.05) is 48.6 Å². The van der Waals surface area contributed by atoms with Gasteiger partial charge in [-0.3, -0.25) is 9.69 Å². The minimum atomic E-state index is -0.137. The Bertz CT molecular complexity index is 1460. The molecule has 9 heteroatoms. The van der Waals surface area contributed by atoms with Gasteiger partial charge in [-0.15, -0.1) is 10.2 Å². The van der Waals surface area contributed by atoms with Gasteiger partial charge in [-0.2, -0.15) is 0 Å². The lowest BCUT2D eigenvalue weighted by atomic mass is 9.99. The van der Waals surface area contributed by atoms with Crippen LogP contribution in [0.1, 0.15) is 25.7 Å². The van der Waals surface area contributed by atoms with Gasteiger partial charge in [0.25, 0.3) is 0 Å². The van der Waals surface area contributed by atoms with Crippen molar-refractivity contribution in [1.29, 1.82) is 0 Å². The van der Waals surface area contributed by atoms with Crippen LogP contribution in [0.15, 0.2) is 59.1 Å². The van der Waals surface area contributed by atoms with E-state index >= 15 is 0 Å². The molecule has 1 saturated heterocycles. The first kappa shape index (κ1) is 21.9. The Hall–Kier alpha value is -3.56. The van der Waals surface area contributed by atoms with Crippen LogP contribution in [0.5, 0.6) is 0 Å². The topological polar surface area (TPSA) is 89.1 Å². The molecule has 0 radical (unpaired) electrons. The zero-order valence-corrected chi connectivity index (χ0v) is 20.3. The van der Waals surface area contributed by atoms with Gasteiger partial charge >= 0.3 is 0 Å². The van der Waals surface area contributed by atoms with Gasteiger partial charge in [0.15, 0.2) is 5.13 Å². The molecule has 1 aliphatic rings. The number of para-hydroxylation sites is 2. The number of anilines is 1. The summed E-state index contributed by atoms with van der Waals surface area (Å²) in [7, 11) is 0. The lowest BCUT2D eigenvalue weighted by molar-refractivity contribution is -0.116. The van der Waals surface area contributed by atoms with Crippen LogP contribution in [0.2, 0.25) is 0 Å². The lowest BCUT2D eigenvalue weighted by Crippen LogP contribution is -2.32. The number of rotatable bonds is 6. The van der Waals surface area contributed by atoms with Crippen LogP contribution in [-0.2, 0) is 17.9 Å². The van der Waals surface area contributed by atoms with Crippen molar-refractivity contribution in [3.05, 3.63) is 60.6 Å². The van der Waals surface area contributed by atoms with E-state index in [4.69, 9.17) is 4.42 Å². The Morgan fingerprint density at radius 3 is 2.77 bits per heavy atom. The third kappa shape index (κ3) is 4.56. The molecule has 1 aliphatic heterocycles. The van der Waals surface area contributed by atoms with E-state index in [2.05, 4.69) is 32.3 Å². The summed E-state index contributed by atoms with van der Waals surface area (Å²) in [5.41, 5.74) is 2.65. The van der Waals surface area contributed by atoms with E-state index in [1.165, 1.54) is 24.2 Å². The molecule has 6 rings (SSSR count). The number of hydrogen-bond acceptors (Lipinski definition) is 7. The molecule has 1 N–H and O–H groups in total. The Kier molecular flexibility index (Phi) is 5.79. The molecule has 1 fully saturated rings. The molecule has 0 saturated carbocycles. The van der Waals surface area contributed by atoms with Crippen LogP contribution >= 0.6 is 11.3 Å². The normalized spacial score (nSPS) is 15.2. The van der Waals surface area contributed by atoms with E-state index in [-0.39, 0.29) is 12.5 Å². The predicted octanol–water partition coefficient (Wildman–Crippen LogP) is 5.17. The first-order valence-electron chi connectivity index (χ1n) is 11.9. The monoisotopic (exact) mass is 486 g/mol. The maximum absolute atomic E-state index is 12.9.